The van der Waals surface area contributed by atoms with Crippen molar-refractivity contribution >= 4 is 0 Å². The van der Waals surface area contributed by atoms with Crippen molar-refractivity contribution in [1.29, 1.82) is 0 Å². The van der Waals surface area contributed by atoms with Crippen molar-refractivity contribution in [3.63, 3.8) is 0 Å². The number of benzene rings is 2. The minimum absolute atomic E-state index is 0.434. The zero-order valence-corrected chi connectivity index (χ0v) is 11.4. The molecule has 0 saturated carbocycles. The maximum absolute atomic E-state index is 6.58. The lowest BCUT2D eigenvalue weighted by Crippen LogP contribution is -2.35. The molecule has 18 heavy (non-hydrogen) atoms. The molecule has 0 bridgehead atoms. The molecule has 1 nitrogen and oxygen atoms in total. The van der Waals surface area contributed by atoms with Gasteiger partial charge in [-0.15, -0.1) is 0 Å². The van der Waals surface area contributed by atoms with E-state index in [2.05, 4.69) is 69.3 Å². The highest BCUT2D eigenvalue weighted by atomic mass is 14.7. The molecule has 0 aliphatic heterocycles. The molecule has 0 radical (unpaired) electrons. The second-order valence-electron chi connectivity index (χ2n) is 5.07. The predicted molar refractivity (Wildman–Crippen MR) is 77.6 cm³/mol. The van der Waals surface area contributed by atoms with Crippen molar-refractivity contribution in [3.05, 3.63) is 70.8 Å². The summed E-state index contributed by atoms with van der Waals surface area (Å²) >= 11 is 0. The first-order valence-corrected chi connectivity index (χ1v) is 6.50. The fourth-order valence-electron chi connectivity index (χ4n) is 2.43. The molecule has 0 heterocycles. The quantitative estimate of drug-likeness (QED) is 0.866. The Morgan fingerprint density at radius 3 is 2.44 bits per heavy atom. The minimum atomic E-state index is -0.434. The molecular weight excluding hydrogens is 218 g/mol. The Balaban J connectivity index is 2.50. The first-order valence-electron chi connectivity index (χ1n) is 6.50. The van der Waals surface area contributed by atoms with Gasteiger partial charge in [-0.3, -0.25) is 0 Å². The van der Waals surface area contributed by atoms with Gasteiger partial charge in [0.25, 0.3) is 0 Å². The van der Waals surface area contributed by atoms with Crippen LogP contribution in [0.4, 0.5) is 0 Å². The van der Waals surface area contributed by atoms with Gasteiger partial charge in [-0.1, -0.05) is 55.5 Å². The van der Waals surface area contributed by atoms with E-state index in [1.54, 1.807) is 0 Å². The van der Waals surface area contributed by atoms with Crippen LogP contribution >= 0.6 is 0 Å². The summed E-state index contributed by atoms with van der Waals surface area (Å²) in [5, 5.41) is 0. The van der Waals surface area contributed by atoms with Crippen LogP contribution in [0.15, 0.2) is 48.5 Å². The van der Waals surface area contributed by atoms with Gasteiger partial charge in [0.2, 0.25) is 0 Å². The highest BCUT2D eigenvalue weighted by Crippen LogP contribution is 2.29. The molecule has 2 rings (SSSR count). The maximum atomic E-state index is 6.58. The van der Waals surface area contributed by atoms with E-state index in [0.29, 0.717) is 0 Å². The second kappa shape index (κ2) is 4.95. The average molecular weight is 239 g/mol. The summed E-state index contributed by atoms with van der Waals surface area (Å²) in [5.74, 6) is 0. The van der Waals surface area contributed by atoms with Crippen molar-refractivity contribution in [2.24, 2.45) is 5.73 Å². The van der Waals surface area contributed by atoms with Gasteiger partial charge in [0.05, 0.1) is 5.54 Å². The molecule has 94 valence electrons. The van der Waals surface area contributed by atoms with E-state index >= 15 is 0 Å². The molecule has 1 unspecified atom stereocenters. The predicted octanol–water partition coefficient (Wildman–Crippen LogP) is 3.78. The average Bonchev–Trinajstić information content (AvgIpc) is 2.39. The number of hydrogen-bond donors (Lipinski definition) is 1. The Kier molecular flexibility index (Phi) is 3.53. The van der Waals surface area contributed by atoms with Gasteiger partial charge >= 0.3 is 0 Å². The summed E-state index contributed by atoms with van der Waals surface area (Å²) in [4.78, 5) is 0. The molecule has 0 aromatic heterocycles. The van der Waals surface area contributed by atoms with Crippen LogP contribution in [0.2, 0.25) is 0 Å². The Labute approximate surface area is 110 Å². The van der Waals surface area contributed by atoms with E-state index in [4.69, 9.17) is 5.73 Å². The second-order valence-corrected chi connectivity index (χ2v) is 5.07. The lowest BCUT2D eigenvalue weighted by Gasteiger charge is -2.28. The van der Waals surface area contributed by atoms with Gasteiger partial charge in [0.1, 0.15) is 0 Å². The van der Waals surface area contributed by atoms with Crippen LogP contribution in [0.25, 0.3) is 0 Å². The lowest BCUT2D eigenvalue weighted by atomic mass is 9.82. The summed E-state index contributed by atoms with van der Waals surface area (Å²) in [6.07, 6.45) is 1.04. The Morgan fingerprint density at radius 1 is 1.06 bits per heavy atom. The van der Waals surface area contributed by atoms with Crippen LogP contribution in [0.5, 0.6) is 0 Å². The largest absolute Gasteiger partial charge is 0.318 e. The molecular formula is C17H21N. The summed E-state index contributed by atoms with van der Waals surface area (Å²) < 4.78 is 0. The highest BCUT2D eigenvalue weighted by molar-refractivity contribution is 5.42. The zero-order valence-electron chi connectivity index (χ0n) is 11.4. The maximum Gasteiger partial charge on any atom is 0.0639 e. The van der Waals surface area contributed by atoms with Crippen LogP contribution in [0, 0.1) is 6.92 Å². The Hall–Kier alpha value is -1.60. The molecule has 0 saturated heterocycles. The smallest absolute Gasteiger partial charge is 0.0639 e. The zero-order chi connectivity index (χ0) is 13.2. The normalized spacial score (nSPS) is 14.2. The highest BCUT2D eigenvalue weighted by Gasteiger charge is 2.25. The monoisotopic (exact) mass is 239 g/mol. The van der Waals surface area contributed by atoms with Crippen LogP contribution < -0.4 is 5.73 Å². The summed E-state index contributed by atoms with van der Waals surface area (Å²) in [6, 6.07) is 16.9. The van der Waals surface area contributed by atoms with E-state index in [0.717, 1.165) is 6.42 Å². The van der Waals surface area contributed by atoms with Crippen LogP contribution in [0.1, 0.15) is 36.1 Å². The van der Waals surface area contributed by atoms with Gasteiger partial charge in [-0.25, -0.2) is 0 Å². The molecule has 1 atom stereocenters. The first-order chi connectivity index (χ1) is 8.55. The van der Waals surface area contributed by atoms with Gasteiger partial charge in [0.15, 0.2) is 0 Å². The van der Waals surface area contributed by atoms with E-state index in [9.17, 15) is 0 Å². The lowest BCUT2D eigenvalue weighted by molar-refractivity contribution is 0.598. The van der Waals surface area contributed by atoms with E-state index in [-0.39, 0.29) is 0 Å². The van der Waals surface area contributed by atoms with Crippen molar-refractivity contribution < 1.29 is 0 Å². The SMILES string of the molecule is CCc1cccc(C(C)(N)c2ccccc2C)c1. The number of hydrogen-bond acceptors (Lipinski definition) is 1. The Bertz CT molecular complexity index is 541. The fraction of sp³-hybridized carbons (Fsp3) is 0.294. The van der Waals surface area contributed by atoms with Gasteiger partial charge in [-0.05, 0) is 42.5 Å². The molecule has 2 aromatic rings. The third-order valence-corrected chi connectivity index (χ3v) is 3.64. The van der Waals surface area contributed by atoms with Crippen LogP contribution in [0.3, 0.4) is 0 Å². The van der Waals surface area contributed by atoms with Gasteiger partial charge in [0, 0.05) is 0 Å². The molecule has 0 aliphatic rings. The van der Waals surface area contributed by atoms with Gasteiger partial charge in [-0.2, -0.15) is 0 Å². The molecule has 2 aromatic carbocycles. The molecule has 1 heteroatoms. The van der Waals surface area contributed by atoms with Crippen molar-refractivity contribution in [3.8, 4) is 0 Å². The molecule has 2 N–H and O–H groups in total. The van der Waals surface area contributed by atoms with Crippen LogP contribution in [-0.4, -0.2) is 0 Å². The standard InChI is InChI=1S/C17H21N/c1-4-14-9-7-10-15(12-14)17(3,18)16-11-6-5-8-13(16)2/h5-12H,4,18H2,1-3H3. The number of nitrogens with two attached hydrogens (primary N) is 1. The first kappa shape index (κ1) is 12.8. The third-order valence-electron chi connectivity index (χ3n) is 3.64. The third kappa shape index (κ3) is 2.32. The number of rotatable bonds is 3. The minimum Gasteiger partial charge on any atom is -0.318 e. The summed E-state index contributed by atoms with van der Waals surface area (Å²) in [6.45, 7) is 6.37. The topological polar surface area (TPSA) is 26.0 Å². The van der Waals surface area contributed by atoms with Crippen molar-refractivity contribution in [1.82, 2.24) is 0 Å². The van der Waals surface area contributed by atoms with Crippen molar-refractivity contribution in [2.45, 2.75) is 32.7 Å². The van der Waals surface area contributed by atoms with Gasteiger partial charge < -0.3 is 5.73 Å². The number of aryl methyl sites for hydroxylation is 2. The van der Waals surface area contributed by atoms with E-state index < -0.39 is 5.54 Å². The summed E-state index contributed by atoms with van der Waals surface area (Å²) in [7, 11) is 0. The van der Waals surface area contributed by atoms with E-state index in [1.807, 2.05) is 0 Å². The molecule has 0 aliphatic carbocycles. The molecule has 0 amide bonds. The van der Waals surface area contributed by atoms with Crippen LogP contribution in [-0.2, 0) is 12.0 Å². The molecule has 0 spiro atoms. The van der Waals surface area contributed by atoms with Crippen molar-refractivity contribution in [2.75, 3.05) is 0 Å². The Morgan fingerprint density at radius 2 is 1.78 bits per heavy atom. The fourth-order valence-corrected chi connectivity index (χ4v) is 2.43. The van der Waals surface area contributed by atoms with E-state index in [1.165, 1.54) is 22.3 Å². The summed E-state index contributed by atoms with van der Waals surface area (Å²) in [5.41, 5.74) is 11.1. The molecule has 0 fully saturated rings.